The number of benzene rings is 1. The molecule has 1 atom stereocenters. The van der Waals surface area contributed by atoms with Gasteiger partial charge in [-0.25, -0.2) is 0 Å². The molecular formula is C16H21N3O3. The van der Waals surface area contributed by atoms with E-state index in [2.05, 4.69) is 5.32 Å². The molecule has 0 bridgehead atoms. The Kier molecular flexibility index (Phi) is 4.29. The maximum absolute atomic E-state index is 12.5. The number of hydrogen-bond acceptors (Lipinski definition) is 4. The van der Waals surface area contributed by atoms with E-state index in [9.17, 15) is 9.59 Å². The van der Waals surface area contributed by atoms with Gasteiger partial charge in [-0.2, -0.15) is 0 Å². The number of methoxy groups -OCH3 is 1. The monoisotopic (exact) mass is 303 g/mol. The van der Waals surface area contributed by atoms with Gasteiger partial charge in [0.1, 0.15) is 5.75 Å². The molecule has 2 saturated heterocycles. The van der Waals surface area contributed by atoms with E-state index in [4.69, 9.17) is 4.74 Å². The van der Waals surface area contributed by atoms with E-state index in [1.165, 1.54) is 0 Å². The highest BCUT2D eigenvalue weighted by Gasteiger charge is 2.37. The second-order valence-corrected chi connectivity index (χ2v) is 5.68. The Balaban J connectivity index is 1.71. The number of anilines is 1. The van der Waals surface area contributed by atoms with Crippen LogP contribution in [0.5, 0.6) is 5.75 Å². The number of nitrogens with one attached hydrogen (secondary N) is 1. The van der Waals surface area contributed by atoms with Gasteiger partial charge in [0, 0.05) is 50.9 Å². The van der Waals surface area contributed by atoms with Gasteiger partial charge in [0.05, 0.1) is 13.0 Å². The molecule has 0 aromatic heterocycles. The van der Waals surface area contributed by atoms with E-state index in [1.807, 2.05) is 29.2 Å². The molecule has 0 saturated carbocycles. The lowest BCUT2D eigenvalue weighted by Crippen LogP contribution is -2.48. The first-order chi connectivity index (χ1) is 10.7. The summed E-state index contributed by atoms with van der Waals surface area (Å²) in [6, 6.07) is 7.40. The van der Waals surface area contributed by atoms with Crippen LogP contribution in [0.3, 0.4) is 0 Å². The number of amides is 2. The first-order valence-electron chi connectivity index (χ1n) is 7.63. The Bertz CT molecular complexity index is 570. The van der Waals surface area contributed by atoms with Crippen molar-refractivity contribution in [3.8, 4) is 5.75 Å². The molecule has 3 rings (SSSR count). The van der Waals surface area contributed by atoms with Gasteiger partial charge in [-0.15, -0.1) is 0 Å². The average molecular weight is 303 g/mol. The normalized spacial score (nSPS) is 22.0. The number of rotatable bonds is 3. The van der Waals surface area contributed by atoms with Crippen molar-refractivity contribution in [1.29, 1.82) is 0 Å². The van der Waals surface area contributed by atoms with Gasteiger partial charge >= 0.3 is 0 Å². The van der Waals surface area contributed by atoms with Crippen LogP contribution in [0.25, 0.3) is 0 Å². The second kappa shape index (κ2) is 6.36. The SMILES string of the molecule is COc1cccc(N2C[C@H](C(=O)N3CCNCC3)CC2=O)c1. The predicted molar refractivity (Wildman–Crippen MR) is 82.9 cm³/mol. The molecule has 0 spiro atoms. The third-order valence-corrected chi connectivity index (χ3v) is 4.27. The third kappa shape index (κ3) is 2.92. The first kappa shape index (κ1) is 14.8. The molecular weight excluding hydrogens is 282 g/mol. The van der Waals surface area contributed by atoms with Crippen LogP contribution in [0.1, 0.15) is 6.42 Å². The minimum atomic E-state index is -0.239. The predicted octanol–water partition coefficient (Wildman–Crippen LogP) is 0.480. The van der Waals surface area contributed by atoms with Crippen molar-refractivity contribution in [2.45, 2.75) is 6.42 Å². The molecule has 0 aliphatic carbocycles. The summed E-state index contributed by atoms with van der Waals surface area (Å²) in [5, 5.41) is 3.23. The van der Waals surface area contributed by atoms with E-state index in [0.717, 1.165) is 31.9 Å². The first-order valence-corrected chi connectivity index (χ1v) is 7.63. The molecule has 6 heteroatoms. The highest BCUT2D eigenvalue weighted by atomic mass is 16.5. The van der Waals surface area contributed by atoms with E-state index in [0.29, 0.717) is 18.7 Å². The number of nitrogens with zero attached hydrogens (tertiary/aromatic N) is 2. The van der Waals surface area contributed by atoms with Crippen LogP contribution in [0.15, 0.2) is 24.3 Å². The molecule has 1 aromatic carbocycles. The fourth-order valence-electron chi connectivity index (χ4n) is 3.04. The van der Waals surface area contributed by atoms with Crippen LogP contribution in [-0.4, -0.2) is 56.5 Å². The standard InChI is InChI=1S/C16H21N3O3/c1-22-14-4-2-3-13(10-14)19-11-12(9-15(19)20)16(21)18-7-5-17-6-8-18/h2-4,10,12,17H,5-9,11H2,1H3/t12-/m1/s1. The molecule has 0 unspecified atom stereocenters. The fraction of sp³-hybridized carbons (Fsp3) is 0.500. The lowest BCUT2D eigenvalue weighted by atomic mass is 10.1. The molecule has 2 fully saturated rings. The van der Waals surface area contributed by atoms with Gasteiger partial charge in [-0.05, 0) is 12.1 Å². The maximum Gasteiger partial charge on any atom is 0.228 e. The Morgan fingerprint density at radius 2 is 2.09 bits per heavy atom. The topological polar surface area (TPSA) is 61.9 Å². The molecule has 1 aromatic rings. The third-order valence-electron chi connectivity index (χ3n) is 4.27. The summed E-state index contributed by atoms with van der Waals surface area (Å²) in [5.74, 6) is 0.570. The van der Waals surface area contributed by atoms with Crippen molar-refractivity contribution >= 4 is 17.5 Å². The van der Waals surface area contributed by atoms with Gasteiger partial charge in [0.15, 0.2) is 0 Å². The Labute approximate surface area is 130 Å². The Morgan fingerprint density at radius 3 is 2.82 bits per heavy atom. The molecule has 118 valence electrons. The van der Waals surface area contributed by atoms with Crippen LogP contribution in [0, 0.1) is 5.92 Å². The lowest BCUT2D eigenvalue weighted by Gasteiger charge is -2.29. The average Bonchev–Trinajstić information content (AvgIpc) is 2.97. The number of carbonyl (C=O) groups is 2. The van der Waals surface area contributed by atoms with Crippen molar-refractivity contribution in [3.05, 3.63) is 24.3 Å². The summed E-state index contributed by atoms with van der Waals surface area (Å²) in [6.45, 7) is 3.55. The largest absolute Gasteiger partial charge is 0.497 e. The zero-order chi connectivity index (χ0) is 15.5. The molecule has 0 radical (unpaired) electrons. The van der Waals surface area contributed by atoms with E-state index in [1.54, 1.807) is 12.0 Å². The van der Waals surface area contributed by atoms with E-state index in [-0.39, 0.29) is 17.7 Å². The number of ether oxygens (including phenoxy) is 1. The number of piperazine rings is 1. The zero-order valence-corrected chi connectivity index (χ0v) is 12.7. The lowest BCUT2D eigenvalue weighted by molar-refractivity contribution is -0.136. The minimum Gasteiger partial charge on any atom is -0.497 e. The van der Waals surface area contributed by atoms with Crippen molar-refractivity contribution < 1.29 is 14.3 Å². The van der Waals surface area contributed by atoms with Crippen LogP contribution >= 0.6 is 0 Å². The molecule has 22 heavy (non-hydrogen) atoms. The van der Waals surface area contributed by atoms with Crippen LogP contribution in [-0.2, 0) is 9.59 Å². The van der Waals surface area contributed by atoms with Gasteiger partial charge < -0.3 is 19.9 Å². The van der Waals surface area contributed by atoms with Gasteiger partial charge in [0.25, 0.3) is 0 Å². The second-order valence-electron chi connectivity index (χ2n) is 5.68. The van der Waals surface area contributed by atoms with E-state index >= 15 is 0 Å². The van der Waals surface area contributed by atoms with Crippen LogP contribution < -0.4 is 15.0 Å². The molecule has 1 N–H and O–H groups in total. The molecule has 2 heterocycles. The number of carbonyl (C=O) groups excluding carboxylic acids is 2. The molecule has 2 aliphatic heterocycles. The smallest absolute Gasteiger partial charge is 0.228 e. The summed E-state index contributed by atoms with van der Waals surface area (Å²) in [4.78, 5) is 28.4. The van der Waals surface area contributed by atoms with E-state index < -0.39 is 0 Å². The van der Waals surface area contributed by atoms with Gasteiger partial charge in [-0.1, -0.05) is 6.07 Å². The van der Waals surface area contributed by atoms with Crippen LogP contribution in [0.4, 0.5) is 5.69 Å². The minimum absolute atomic E-state index is 0.00161. The molecule has 6 nitrogen and oxygen atoms in total. The highest BCUT2D eigenvalue weighted by molar-refractivity contribution is 6.00. The van der Waals surface area contributed by atoms with Crippen molar-refractivity contribution in [3.63, 3.8) is 0 Å². The Hall–Kier alpha value is -2.08. The van der Waals surface area contributed by atoms with Crippen LogP contribution in [0.2, 0.25) is 0 Å². The molecule has 2 amide bonds. The Morgan fingerprint density at radius 1 is 1.32 bits per heavy atom. The zero-order valence-electron chi connectivity index (χ0n) is 12.7. The van der Waals surface area contributed by atoms with Gasteiger partial charge in [-0.3, -0.25) is 9.59 Å². The fourth-order valence-corrected chi connectivity index (χ4v) is 3.04. The summed E-state index contributed by atoms with van der Waals surface area (Å²) in [7, 11) is 1.60. The van der Waals surface area contributed by atoms with Gasteiger partial charge in [0.2, 0.25) is 11.8 Å². The summed E-state index contributed by atoms with van der Waals surface area (Å²) < 4.78 is 5.20. The quantitative estimate of drug-likeness (QED) is 0.882. The van der Waals surface area contributed by atoms with Crippen molar-refractivity contribution in [2.24, 2.45) is 5.92 Å². The molecule has 2 aliphatic rings. The summed E-state index contributed by atoms with van der Waals surface area (Å²) >= 11 is 0. The number of hydrogen-bond donors (Lipinski definition) is 1. The highest BCUT2D eigenvalue weighted by Crippen LogP contribution is 2.28. The maximum atomic E-state index is 12.5. The summed E-state index contributed by atoms with van der Waals surface area (Å²) in [5.41, 5.74) is 0.792. The van der Waals surface area contributed by atoms with Crippen molar-refractivity contribution in [2.75, 3.05) is 44.7 Å². The summed E-state index contributed by atoms with van der Waals surface area (Å²) in [6.07, 6.45) is 0.292. The van der Waals surface area contributed by atoms with Crippen molar-refractivity contribution in [1.82, 2.24) is 10.2 Å².